The van der Waals surface area contributed by atoms with E-state index in [1.807, 2.05) is 0 Å². The van der Waals surface area contributed by atoms with Gasteiger partial charge in [-0.25, -0.2) is 13.7 Å². The summed E-state index contributed by atoms with van der Waals surface area (Å²) < 4.78 is 78.2. The third-order valence-corrected chi connectivity index (χ3v) is 5.42. The number of aliphatic hydroxyl groups is 3. The van der Waals surface area contributed by atoms with Gasteiger partial charge in [0.25, 0.3) is 0 Å². The monoisotopic (exact) mass is 748 g/mol. The molecule has 0 rings (SSSR count). The third-order valence-electron chi connectivity index (χ3n) is 3.87. The highest BCUT2D eigenvalue weighted by Crippen LogP contribution is 2.36. The van der Waals surface area contributed by atoms with E-state index in [0.29, 0.717) is 72.7 Å². The van der Waals surface area contributed by atoms with Crippen LogP contribution < -0.4 is 0 Å². The van der Waals surface area contributed by atoms with Gasteiger partial charge >= 0.3 is 23.5 Å². The fourth-order valence-electron chi connectivity index (χ4n) is 2.11. The Kier molecular flexibility index (Phi) is 39.6. The van der Waals surface area contributed by atoms with E-state index in [1.54, 1.807) is 0 Å². The second-order valence-electron chi connectivity index (χ2n) is 7.78. The molecule has 0 aromatic heterocycles. The Bertz CT molecular complexity index is 747. The SMILES string of the molecule is O=P(O)(O)OCCCO.O=P(O)(O)OCCOCCOCCO.O=P(O)(O)OCCOCCOCCOCCOCCOCCO. The van der Waals surface area contributed by atoms with Gasteiger partial charge < -0.3 is 77.8 Å². The molecule has 9 N–H and O–H groups in total. The van der Waals surface area contributed by atoms with Gasteiger partial charge in [-0.3, -0.25) is 13.6 Å². The van der Waals surface area contributed by atoms with E-state index in [-0.39, 0.29) is 65.9 Å². The van der Waals surface area contributed by atoms with Crippen LogP contribution >= 0.6 is 23.5 Å². The van der Waals surface area contributed by atoms with Crippen molar-refractivity contribution in [2.45, 2.75) is 6.42 Å². The zero-order valence-corrected chi connectivity index (χ0v) is 28.2. The van der Waals surface area contributed by atoms with Gasteiger partial charge in [0.05, 0.1) is 126 Å². The summed E-state index contributed by atoms with van der Waals surface area (Å²) in [6.07, 6.45) is 0.241. The Labute approximate surface area is 267 Å². The van der Waals surface area contributed by atoms with Crippen LogP contribution in [0.1, 0.15) is 6.42 Å². The molecule has 0 fully saturated rings. The molecule has 0 aliphatic rings. The minimum absolute atomic E-state index is 0.00925. The highest BCUT2D eigenvalue weighted by atomic mass is 31.2. The Balaban J connectivity index is -0.000000679. The number of phosphoric acid groups is 3. The fraction of sp³-hybridized carbons (Fsp3) is 1.00. The second kappa shape index (κ2) is 36.2. The first kappa shape index (κ1) is 50.3. The van der Waals surface area contributed by atoms with E-state index in [2.05, 4.69) is 13.6 Å². The van der Waals surface area contributed by atoms with E-state index in [1.165, 1.54) is 0 Å². The molecule has 0 aliphatic carbocycles. The summed E-state index contributed by atoms with van der Waals surface area (Å²) in [6, 6.07) is 0. The molecule has 0 bridgehead atoms. The lowest BCUT2D eigenvalue weighted by Crippen LogP contribution is -2.14. The predicted molar refractivity (Wildman–Crippen MR) is 156 cm³/mol. The van der Waals surface area contributed by atoms with Gasteiger partial charge in [-0.15, -0.1) is 0 Å². The van der Waals surface area contributed by atoms with E-state index < -0.39 is 23.5 Å². The van der Waals surface area contributed by atoms with Crippen LogP contribution in [-0.2, 0) is 60.4 Å². The quantitative estimate of drug-likeness (QED) is 0.0267. The minimum Gasteiger partial charge on any atom is -0.396 e. The number of rotatable bonds is 31. The Morgan fingerprint density at radius 2 is 0.522 bits per heavy atom. The molecule has 0 saturated heterocycles. The molecule has 0 atom stereocenters. The van der Waals surface area contributed by atoms with Crippen LogP contribution in [-0.4, -0.2) is 177 Å². The summed E-state index contributed by atoms with van der Waals surface area (Å²) in [5, 5.41) is 24.9. The molecule has 25 heteroatoms. The van der Waals surface area contributed by atoms with Crippen molar-refractivity contribution in [1.82, 2.24) is 0 Å². The highest BCUT2D eigenvalue weighted by Gasteiger charge is 2.13. The minimum atomic E-state index is -4.41. The summed E-state index contributed by atoms with van der Waals surface area (Å²) in [6.45, 7) is 4.13. The van der Waals surface area contributed by atoms with E-state index in [0.717, 1.165) is 0 Å². The molecule has 0 radical (unpaired) electrons. The first-order chi connectivity index (χ1) is 21.7. The number of hydrogen-bond donors (Lipinski definition) is 9. The Morgan fingerprint density at radius 1 is 0.304 bits per heavy atom. The zero-order chi connectivity index (χ0) is 35.4. The van der Waals surface area contributed by atoms with Crippen molar-refractivity contribution in [2.24, 2.45) is 0 Å². The summed E-state index contributed by atoms with van der Waals surface area (Å²) in [4.78, 5) is 49.5. The highest BCUT2D eigenvalue weighted by molar-refractivity contribution is 7.46. The van der Waals surface area contributed by atoms with Crippen molar-refractivity contribution in [3.8, 4) is 0 Å². The van der Waals surface area contributed by atoms with E-state index in [9.17, 15) is 13.7 Å². The molecule has 0 spiro atoms. The Hall–Kier alpha value is -0.0700. The van der Waals surface area contributed by atoms with E-state index in [4.69, 9.17) is 77.8 Å². The van der Waals surface area contributed by atoms with Crippen LogP contribution in [0.3, 0.4) is 0 Å². The van der Waals surface area contributed by atoms with Gasteiger partial charge in [0.15, 0.2) is 0 Å². The lowest BCUT2D eigenvalue weighted by molar-refractivity contribution is -0.0151. The summed E-state index contributed by atoms with van der Waals surface area (Å²) in [5.41, 5.74) is 0. The molecule has 282 valence electrons. The van der Waals surface area contributed by atoms with Crippen molar-refractivity contribution >= 4 is 23.5 Å². The lowest BCUT2D eigenvalue weighted by atomic mass is 10.5. The smallest absolute Gasteiger partial charge is 0.396 e. The van der Waals surface area contributed by atoms with Crippen LogP contribution in [0.15, 0.2) is 0 Å². The van der Waals surface area contributed by atoms with Crippen molar-refractivity contribution in [3.63, 3.8) is 0 Å². The average Bonchev–Trinajstić information content (AvgIpc) is 2.95. The first-order valence-electron chi connectivity index (χ1n) is 13.7. The normalized spacial score (nSPS) is 11.9. The van der Waals surface area contributed by atoms with Crippen molar-refractivity contribution < 1.29 is 105 Å². The van der Waals surface area contributed by atoms with Crippen LogP contribution in [0.2, 0.25) is 0 Å². The summed E-state index contributed by atoms with van der Waals surface area (Å²) >= 11 is 0. The number of aliphatic hydroxyl groups excluding tert-OH is 3. The lowest BCUT2D eigenvalue weighted by Gasteiger charge is -2.08. The van der Waals surface area contributed by atoms with Gasteiger partial charge in [0.1, 0.15) is 0 Å². The molecule has 0 aromatic rings. The summed E-state index contributed by atoms with van der Waals surface area (Å²) in [7, 11) is -13.1. The molecule has 0 amide bonds. The van der Waals surface area contributed by atoms with Crippen LogP contribution in [0.25, 0.3) is 0 Å². The van der Waals surface area contributed by atoms with Gasteiger partial charge in [0, 0.05) is 6.61 Å². The van der Waals surface area contributed by atoms with Crippen LogP contribution in [0.5, 0.6) is 0 Å². The fourth-order valence-corrected chi connectivity index (χ4v) is 3.10. The number of hydrogen-bond acceptors (Lipinski definition) is 16. The first-order valence-corrected chi connectivity index (χ1v) is 18.2. The molecule has 22 nitrogen and oxygen atoms in total. The molecule has 46 heavy (non-hydrogen) atoms. The maximum absolute atomic E-state index is 10.3. The average molecular weight is 749 g/mol. The van der Waals surface area contributed by atoms with Crippen LogP contribution in [0.4, 0.5) is 0 Å². The molecule has 0 unspecified atom stereocenters. The number of ether oxygens (including phenoxy) is 7. The third kappa shape index (κ3) is 59.4. The van der Waals surface area contributed by atoms with Crippen molar-refractivity contribution in [2.75, 3.05) is 132 Å². The molecular formula is C21H51O22P3. The molecule has 0 saturated carbocycles. The molecule has 0 heterocycles. The maximum Gasteiger partial charge on any atom is 0.469 e. The van der Waals surface area contributed by atoms with Crippen molar-refractivity contribution in [1.29, 1.82) is 0 Å². The predicted octanol–water partition coefficient (Wildman–Crippen LogP) is -2.23. The number of phosphoric ester groups is 3. The van der Waals surface area contributed by atoms with Crippen molar-refractivity contribution in [3.05, 3.63) is 0 Å². The largest absolute Gasteiger partial charge is 0.469 e. The standard InChI is InChI=1S/C12H27O10P.C6H15O7P.C3H9O5P/c13-1-2-17-3-4-18-5-6-19-7-8-20-9-10-21-11-12-22-23(14,15)16;7-1-2-11-3-4-12-5-6-13-14(8,9)10;4-2-1-3-8-9(5,6)7/h13H,1-12H2,(H2,14,15,16);7H,1-6H2,(H2,8,9,10);4H,1-3H2,(H2,5,6,7). The maximum atomic E-state index is 10.3. The Morgan fingerprint density at radius 3 is 0.739 bits per heavy atom. The molecule has 0 aromatic carbocycles. The summed E-state index contributed by atoms with van der Waals surface area (Å²) in [5.74, 6) is 0. The van der Waals surface area contributed by atoms with Gasteiger partial charge in [-0.05, 0) is 6.42 Å². The second-order valence-corrected chi connectivity index (χ2v) is 11.5. The van der Waals surface area contributed by atoms with Crippen LogP contribution in [0, 0.1) is 0 Å². The molecule has 0 aliphatic heterocycles. The zero-order valence-electron chi connectivity index (χ0n) is 25.5. The van der Waals surface area contributed by atoms with Gasteiger partial charge in [0.2, 0.25) is 0 Å². The van der Waals surface area contributed by atoms with E-state index >= 15 is 0 Å². The topological polar surface area (TPSA) is 326 Å². The molecular weight excluding hydrogens is 697 g/mol. The van der Waals surface area contributed by atoms with Gasteiger partial charge in [-0.1, -0.05) is 0 Å². The van der Waals surface area contributed by atoms with Gasteiger partial charge in [-0.2, -0.15) is 0 Å².